The van der Waals surface area contributed by atoms with Gasteiger partial charge in [-0.25, -0.2) is 9.78 Å². The lowest BCUT2D eigenvalue weighted by molar-refractivity contribution is -0.00546. The van der Waals surface area contributed by atoms with E-state index in [-0.39, 0.29) is 17.8 Å². The highest BCUT2D eigenvalue weighted by molar-refractivity contribution is 5.87. The van der Waals surface area contributed by atoms with Crippen LogP contribution in [0.3, 0.4) is 0 Å². The number of ether oxygens (including phenoxy) is 1. The number of carboxylic acid groups (broad SMARTS) is 1. The summed E-state index contributed by atoms with van der Waals surface area (Å²) in [6.45, 7) is 5.61. The first-order valence-electron chi connectivity index (χ1n) is 5.66. The maximum absolute atomic E-state index is 10.7. The summed E-state index contributed by atoms with van der Waals surface area (Å²) >= 11 is 0. The molecule has 0 amide bonds. The third-order valence-electron chi connectivity index (χ3n) is 2.74. The molecule has 2 rings (SSSR count). The van der Waals surface area contributed by atoms with Crippen LogP contribution >= 0.6 is 0 Å². The quantitative estimate of drug-likeness (QED) is 0.840. The predicted molar refractivity (Wildman–Crippen MR) is 63.4 cm³/mol. The van der Waals surface area contributed by atoms with E-state index in [2.05, 4.69) is 9.88 Å². The number of rotatable bonds is 2. The number of aromatic carboxylic acids is 1. The van der Waals surface area contributed by atoms with E-state index in [1.165, 1.54) is 6.20 Å². The molecule has 1 aliphatic rings. The van der Waals surface area contributed by atoms with Gasteiger partial charge in [0.2, 0.25) is 0 Å². The van der Waals surface area contributed by atoms with Gasteiger partial charge < -0.3 is 14.7 Å². The van der Waals surface area contributed by atoms with E-state index in [4.69, 9.17) is 9.84 Å². The molecule has 1 aromatic rings. The molecule has 5 heteroatoms. The molecular formula is C12H16N2O3. The molecule has 1 aromatic heterocycles. The van der Waals surface area contributed by atoms with Crippen molar-refractivity contribution in [3.63, 3.8) is 0 Å². The van der Waals surface area contributed by atoms with Crippen LogP contribution in [0.4, 0.5) is 5.82 Å². The molecule has 0 bridgehead atoms. The fourth-order valence-electron chi connectivity index (χ4n) is 2.06. The lowest BCUT2D eigenvalue weighted by Crippen LogP contribution is -2.45. The molecule has 0 spiro atoms. The van der Waals surface area contributed by atoms with Crippen LogP contribution in [-0.2, 0) is 4.74 Å². The second-order valence-electron chi connectivity index (χ2n) is 4.37. The van der Waals surface area contributed by atoms with Crippen molar-refractivity contribution in [2.45, 2.75) is 26.1 Å². The summed E-state index contributed by atoms with van der Waals surface area (Å²) in [5.41, 5.74) is 0.211. The van der Waals surface area contributed by atoms with Crippen molar-refractivity contribution in [3.8, 4) is 0 Å². The van der Waals surface area contributed by atoms with Crippen molar-refractivity contribution < 1.29 is 14.6 Å². The number of morpholine rings is 1. The molecule has 1 saturated heterocycles. The lowest BCUT2D eigenvalue weighted by atomic mass is 10.2. The van der Waals surface area contributed by atoms with E-state index >= 15 is 0 Å². The van der Waals surface area contributed by atoms with Crippen LogP contribution in [0.25, 0.3) is 0 Å². The Bertz CT molecular complexity index is 395. The van der Waals surface area contributed by atoms with E-state index < -0.39 is 5.97 Å². The van der Waals surface area contributed by atoms with Crippen molar-refractivity contribution in [3.05, 3.63) is 23.9 Å². The molecule has 1 fully saturated rings. The minimum Gasteiger partial charge on any atom is -0.478 e. The summed E-state index contributed by atoms with van der Waals surface area (Å²) < 4.78 is 5.64. The summed E-state index contributed by atoms with van der Waals surface area (Å²) in [6, 6.07) is 3.32. The van der Waals surface area contributed by atoms with Gasteiger partial charge >= 0.3 is 5.97 Å². The summed E-state index contributed by atoms with van der Waals surface area (Å²) in [5.74, 6) is -0.148. The highest BCUT2D eigenvalue weighted by atomic mass is 16.5. The zero-order chi connectivity index (χ0) is 12.4. The van der Waals surface area contributed by atoms with Crippen molar-refractivity contribution in [1.82, 2.24) is 4.98 Å². The second-order valence-corrected chi connectivity index (χ2v) is 4.37. The van der Waals surface area contributed by atoms with Crippen molar-refractivity contribution in [2.75, 3.05) is 18.0 Å². The van der Waals surface area contributed by atoms with Crippen molar-refractivity contribution in [1.29, 1.82) is 0 Å². The molecule has 0 aromatic carbocycles. The normalized spacial score (nSPS) is 24.7. The molecule has 1 N–H and O–H groups in total. The molecule has 5 nitrogen and oxygen atoms in total. The molecule has 1 aliphatic heterocycles. The van der Waals surface area contributed by atoms with Gasteiger partial charge in [0.1, 0.15) is 5.82 Å². The van der Waals surface area contributed by atoms with Gasteiger partial charge in [-0.3, -0.25) is 0 Å². The zero-order valence-electron chi connectivity index (χ0n) is 9.96. The number of hydrogen-bond donors (Lipinski definition) is 1. The number of nitrogens with zero attached hydrogens (tertiary/aromatic N) is 2. The average molecular weight is 236 g/mol. The van der Waals surface area contributed by atoms with E-state index in [0.29, 0.717) is 0 Å². The molecule has 0 radical (unpaired) electrons. The average Bonchev–Trinajstić information content (AvgIpc) is 2.28. The number of pyridine rings is 1. The van der Waals surface area contributed by atoms with Crippen LogP contribution in [0, 0.1) is 0 Å². The van der Waals surface area contributed by atoms with Gasteiger partial charge in [-0.2, -0.15) is 0 Å². The monoisotopic (exact) mass is 236 g/mol. The topological polar surface area (TPSA) is 62.7 Å². The SMILES string of the molecule is C[C@H]1CN(c2ccc(C(=O)O)cn2)C[C@H](C)O1. The summed E-state index contributed by atoms with van der Waals surface area (Å²) in [6.07, 6.45) is 1.72. The third kappa shape index (κ3) is 2.74. The Morgan fingerprint density at radius 3 is 2.53 bits per heavy atom. The smallest absolute Gasteiger partial charge is 0.337 e. The molecule has 0 aliphatic carbocycles. The van der Waals surface area contributed by atoms with E-state index in [0.717, 1.165) is 18.9 Å². The van der Waals surface area contributed by atoms with Crippen LogP contribution in [0.5, 0.6) is 0 Å². The van der Waals surface area contributed by atoms with Crippen molar-refractivity contribution >= 4 is 11.8 Å². The molecule has 2 atom stereocenters. The fraction of sp³-hybridized carbons (Fsp3) is 0.500. The van der Waals surface area contributed by atoms with Crippen LogP contribution in [0.2, 0.25) is 0 Å². The first kappa shape index (κ1) is 11.9. The van der Waals surface area contributed by atoms with Crippen LogP contribution in [0.1, 0.15) is 24.2 Å². The molecule has 0 unspecified atom stereocenters. The maximum atomic E-state index is 10.7. The van der Waals surface area contributed by atoms with Crippen molar-refractivity contribution in [2.24, 2.45) is 0 Å². The van der Waals surface area contributed by atoms with Crippen LogP contribution in [-0.4, -0.2) is 41.4 Å². The number of carboxylic acids is 1. The lowest BCUT2D eigenvalue weighted by Gasteiger charge is -2.36. The Morgan fingerprint density at radius 1 is 1.41 bits per heavy atom. The summed E-state index contributed by atoms with van der Waals surface area (Å²) in [7, 11) is 0. The van der Waals surface area contributed by atoms with E-state index in [1.807, 2.05) is 13.8 Å². The Balaban J connectivity index is 2.14. The molecular weight excluding hydrogens is 220 g/mol. The minimum atomic E-state index is -0.951. The molecule has 0 saturated carbocycles. The Morgan fingerprint density at radius 2 is 2.06 bits per heavy atom. The Hall–Kier alpha value is -1.62. The number of aromatic nitrogens is 1. The second kappa shape index (κ2) is 4.71. The maximum Gasteiger partial charge on any atom is 0.337 e. The van der Waals surface area contributed by atoms with Gasteiger partial charge in [-0.05, 0) is 26.0 Å². The van der Waals surface area contributed by atoms with E-state index in [1.54, 1.807) is 12.1 Å². The standard InChI is InChI=1S/C12H16N2O3/c1-8-6-14(7-9(2)17-8)11-4-3-10(5-13-11)12(15)16/h3-5,8-9H,6-7H2,1-2H3,(H,15,16)/t8-,9-/m0/s1. The highest BCUT2D eigenvalue weighted by Gasteiger charge is 2.23. The van der Waals surface area contributed by atoms with Gasteiger partial charge in [-0.15, -0.1) is 0 Å². The molecule has 2 heterocycles. The first-order chi connectivity index (χ1) is 8.06. The van der Waals surface area contributed by atoms with Gasteiger partial charge in [-0.1, -0.05) is 0 Å². The third-order valence-corrected chi connectivity index (χ3v) is 2.74. The number of carbonyl (C=O) groups is 1. The zero-order valence-corrected chi connectivity index (χ0v) is 9.96. The number of anilines is 1. The fourth-order valence-corrected chi connectivity index (χ4v) is 2.06. The van der Waals surface area contributed by atoms with Gasteiger partial charge in [0.25, 0.3) is 0 Å². The molecule has 17 heavy (non-hydrogen) atoms. The highest BCUT2D eigenvalue weighted by Crippen LogP contribution is 2.18. The molecule has 92 valence electrons. The van der Waals surface area contributed by atoms with Crippen LogP contribution in [0.15, 0.2) is 18.3 Å². The van der Waals surface area contributed by atoms with Gasteiger partial charge in [0.15, 0.2) is 0 Å². The van der Waals surface area contributed by atoms with Gasteiger partial charge in [0.05, 0.1) is 17.8 Å². The predicted octanol–water partition coefficient (Wildman–Crippen LogP) is 1.39. The van der Waals surface area contributed by atoms with Crippen LogP contribution < -0.4 is 4.90 Å². The first-order valence-corrected chi connectivity index (χ1v) is 5.66. The largest absolute Gasteiger partial charge is 0.478 e. The Kier molecular flexibility index (Phi) is 3.28. The summed E-state index contributed by atoms with van der Waals surface area (Å²) in [4.78, 5) is 17.0. The minimum absolute atomic E-state index is 0.166. The number of hydrogen-bond acceptors (Lipinski definition) is 4. The summed E-state index contributed by atoms with van der Waals surface area (Å²) in [5, 5.41) is 8.80. The van der Waals surface area contributed by atoms with E-state index in [9.17, 15) is 4.79 Å². The Labute approximate surface area is 100 Å². The van der Waals surface area contributed by atoms with Gasteiger partial charge in [0, 0.05) is 19.3 Å².